The molecule has 0 bridgehead atoms. The Morgan fingerprint density at radius 3 is 2.96 bits per heavy atom. The molecule has 23 heavy (non-hydrogen) atoms. The summed E-state index contributed by atoms with van der Waals surface area (Å²) in [6, 6.07) is 0.395. The first-order chi connectivity index (χ1) is 11.2. The van der Waals surface area contributed by atoms with Gasteiger partial charge in [0.15, 0.2) is 5.65 Å². The van der Waals surface area contributed by atoms with Gasteiger partial charge in [-0.15, -0.1) is 0 Å². The smallest absolute Gasteiger partial charge is 0.164 e. The number of anilines is 1. The van der Waals surface area contributed by atoms with Gasteiger partial charge in [-0.2, -0.15) is 5.10 Å². The Morgan fingerprint density at radius 1 is 1.30 bits per heavy atom. The van der Waals surface area contributed by atoms with E-state index in [4.69, 9.17) is 4.74 Å². The van der Waals surface area contributed by atoms with E-state index in [1.807, 2.05) is 7.05 Å². The molecule has 6 nitrogen and oxygen atoms in total. The summed E-state index contributed by atoms with van der Waals surface area (Å²) >= 11 is 3.53. The van der Waals surface area contributed by atoms with Gasteiger partial charge in [-0.25, -0.2) is 14.6 Å². The van der Waals surface area contributed by atoms with E-state index in [9.17, 15) is 0 Å². The Kier molecular flexibility index (Phi) is 4.01. The average molecular weight is 380 g/mol. The third-order valence-corrected chi connectivity index (χ3v) is 5.73. The van der Waals surface area contributed by atoms with Crippen molar-refractivity contribution in [2.24, 2.45) is 7.05 Å². The van der Waals surface area contributed by atoms with Crippen LogP contribution in [0.15, 0.2) is 10.9 Å². The van der Waals surface area contributed by atoms with Crippen molar-refractivity contribution < 1.29 is 4.74 Å². The van der Waals surface area contributed by atoms with Crippen LogP contribution in [0.4, 0.5) is 5.82 Å². The van der Waals surface area contributed by atoms with Gasteiger partial charge in [0.2, 0.25) is 0 Å². The molecule has 1 aliphatic carbocycles. The minimum atomic E-state index is 0.0898. The van der Waals surface area contributed by atoms with Crippen LogP contribution in [0.1, 0.15) is 44.9 Å². The summed E-state index contributed by atoms with van der Waals surface area (Å²) in [6.45, 7) is 0.833. The van der Waals surface area contributed by atoms with Gasteiger partial charge in [0.05, 0.1) is 11.0 Å². The lowest BCUT2D eigenvalue weighted by atomic mass is 9.78. The summed E-state index contributed by atoms with van der Waals surface area (Å²) in [7, 11) is 1.90. The lowest BCUT2D eigenvalue weighted by molar-refractivity contribution is -0.103. The Bertz CT molecular complexity index is 704. The molecule has 4 rings (SSSR count). The quantitative estimate of drug-likeness (QED) is 0.865. The zero-order valence-corrected chi connectivity index (χ0v) is 15.0. The topological polar surface area (TPSA) is 64.9 Å². The zero-order chi connectivity index (χ0) is 15.9. The van der Waals surface area contributed by atoms with E-state index in [-0.39, 0.29) is 5.60 Å². The molecule has 1 unspecified atom stereocenters. The normalized spacial score (nSPS) is 24.2. The first-order valence-electron chi connectivity index (χ1n) is 8.41. The van der Waals surface area contributed by atoms with E-state index in [2.05, 4.69) is 36.3 Å². The zero-order valence-electron chi connectivity index (χ0n) is 13.4. The van der Waals surface area contributed by atoms with Crippen molar-refractivity contribution in [1.29, 1.82) is 0 Å². The van der Waals surface area contributed by atoms with Crippen LogP contribution in [0.25, 0.3) is 11.0 Å². The largest absolute Gasteiger partial charge is 0.375 e. The fourth-order valence-electron chi connectivity index (χ4n) is 4.04. The van der Waals surface area contributed by atoms with Crippen LogP contribution in [0.3, 0.4) is 0 Å². The van der Waals surface area contributed by atoms with Gasteiger partial charge in [-0.1, -0.05) is 19.3 Å². The van der Waals surface area contributed by atoms with E-state index >= 15 is 0 Å². The van der Waals surface area contributed by atoms with E-state index in [1.165, 1.54) is 32.1 Å². The van der Waals surface area contributed by atoms with Crippen LogP contribution in [-0.2, 0) is 11.8 Å². The minimum absolute atomic E-state index is 0.0898. The molecule has 3 heterocycles. The number of fused-ring (bicyclic) bond motifs is 1. The van der Waals surface area contributed by atoms with Crippen LogP contribution in [-0.4, -0.2) is 38.0 Å². The first-order valence-corrected chi connectivity index (χ1v) is 9.20. The van der Waals surface area contributed by atoms with Crippen molar-refractivity contribution in [3.63, 3.8) is 0 Å². The van der Waals surface area contributed by atoms with Crippen molar-refractivity contribution in [3.8, 4) is 0 Å². The summed E-state index contributed by atoms with van der Waals surface area (Å²) in [4.78, 5) is 8.80. The highest BCUT2D eigenvalue weighted by atomic mass is 79.9. The number of halogens is 1. The molecule has 2 fully saturated rings. The lowest BCUT2D eigenvalue weighted by Gasteiger charge is -2.43. The molecule has 2 aromatic heterocycles. The van der Waals surface area contributed by atoms with Crippen molar-refractivity contribution in [3.05, 3.63) is 10.9 Å². The first kappa shape index (κ1) is 15.3. The van der Waals surface area contributed by atoms with Gasteiger partial charge in [0.25, 0.3) is 0 Å². The second-order valence-electron chi connectivity index (χ2n) is 6.76. The highest BCUT2D eigenvalue weighted by molar-refractivity contribution is 9.10. The monoisotopic (exact) mass is 379 g/mol. The van der Waals surface area contributed by atoms with E-state index in [0.717, 1.165) is 40.9 Å². The number of hydrogen-bond acceptors (Lipinski definition) is 5. The third-order valence-electron chi connectivity index (χ3n) is 5.18. The molecular formula is C16H22BrN5O. The number of ether oxygens (including phenoxy) is 1. The standard InChI is InChI=1S/C16H22BrN5O/c1-22-15-12(13(17)21-22)14(18-10-19-15)20-11-5-8-23-16(9-11)6-3-2-4-7-16/h10-11H,2-9H2,1H3,(H,18,19,20). The van der Waals surface area contributed by atoms with E-state index in [1.54, 1.807) is 11.0 Å². The molecule has 0 amide bonds. The maximum absolute atomic E-state index is 6.19. The van der Waals surface area contributed by atoms with Gasteiger partial charge in [-0.05, 0) is 41.6 Å². The number of rotatable bonds is 2. The molecule has 1 saturated heterocycles. The second-order valence-corrected chi connectivity index (χ2v) is 7.51. The van der Waals surface area contributed by atoms with Gasteiger partial charge in [0.1, 0.15) is 16.7 Å². The maximum atomic E-state index is 6.19. The molecule has 1 N–H and O–H groups in total. The molecule has 1 spiro atoms. The van der Waals surface area contributed by atoms with Crippen LogP contribution >= 0.6 is 15.9 Å². The van der Waals surface area contributed by atoms with Crippen LogP contribution in [0.2, 0.25) is 0 Å². The average Bonchev–Trinajstić information content (AvgIpc) is 2.84. The Labute approximate surface area is 144 Å². The summed E-state index contributed by atoms with van der Waals surface area (Å²) in [5.41, 5.74) is 0.931. The van der Waals surface area contributed by atoms with E-state index in [0.29, 0.717) is 6.04 Å². The van der Waals surface area contributed by atoms with Crippen molar-refractivity contribution in [2.45, 2.75) is 56.6 Å². The van der Waals surface area contributed by atoms with Crippen molar-refractivity contribution >= 4 is 32.8 Å². The maximum Gasteiger partial charge on any atom is 0.164 e. The molecule has 1 saturated carbocycles. The van der Waals surface area contributed by atoms with Crippen molar-refractivity contribution in [1.82, 2.24) is 19.7 Å². The second kappa shape index (κ2) is 6.02. The Morgan fingerprint density at radius 2 is 2.13 bits per heavy atom. The molecule has 2 aliphatic rings. The molecule has 2 aromatic rings. The summed E-state index contributed by atoms with van der Waals surface area (Å²) in [6.07, 6.45) is 10.0. The van der Waals surface area contributed by atoms with Gasteiger partial charge < -0.3 is 10.1 Å². The number of nitrogens with zero attached hydrogens (tertiary/aromatic N) is 4. The van der Waals surface area contributed by atoms with Crippen LogP contribution in [0, 0.1) is 0 Å². The molecule has 1 aliphatic heterocycles. The number of nitrogens with one attached hydrogen (secondary N) is 1. The van der Waals surface area contributed by atoms with E-state index < -0.39 is 0 Å². The molecular weight excluding hydrogens is 358 g/mol. The fourth-order valence-corrected chi connectivity index (χ4v) is 4.64. The molecule has 124 valence electrons. The lowest BCUT2D eigenvalue weighted by Crippen LogP contribution is -2.45. The summed E-state index contributed by atoms with van der Waals surface area (Å²) in [5, 5.41) is 8.99. The van der Waals surface area contributed by atoms with Crippen LogP contribution in [0.5, 0.6) is 0 Å². The number of aryl methyl sites for hydroxylation is 1. The SMILES string of the molecule is Cn1nc(Br)c2c(NC3CCOC4(CCCCC4)C3)ncnc21. The third kappa shape index (κ3) is 2.85. The molecule has 1 atom stereocenters. The van der Waals surface area contributed by atoms with Crippen molar-refractivity contribution in [2.75, 3.05) is 11.9 Å². The molecule has 0 radical (unpaired) electrons. The van der Waals surface area contributed by atoms with Crippen LogP contribution < -0.4 is 5.32 Å². The predicted molar refractivity (Wildman–Crippen MR) is 92.4 cm³/mol. The Hall–Kier alpha value is -1.21. The summed E-state index contributed by atoms with van der Waals surface area (Å²) < 4.78 is 8.76. The number of aromatic nitrogens is 4. The summed E-state index contributed by atoms with van der Waals surface area (Å²) in [5.74, 6) is 0.868. The predicted octanol–water partition coefficient (Wildman–Crippen LogP) is 3.42. The van der Waals surface area contributed by atoms with Gasteiger partial charge in [0, 0.05) is 19.7 Å². The highest BCUT2D eigenvalue weighted by Gasteiger charge is 2.38. The number of hydrogen-bond donors (Lipinski definition) is 1. The molecule has 0 aromatic carbocycles. The van der Waals surface area contributed by atoms with Gasteiger partial charge >= 0.3 is 0 Å². The Balaban J connectivity index is 1.58. The highest BCUT2D eigenvalue weighted by Crippen LogP contribution is 2.39. The molecule has 7 heteroatoms. The minimum Gasteiger partial charge on any atom is -0.375 e. The van der Waals surface area contributed by atoms with Gasteiger partial charge in [-0.3, -0.25) is 0 Å². The fraction of sp³-hybridized carbons (Fsp3) is 0.688.